The molecule has 3 atom stereocenters. The molecule has 0 bridgehead atoms. The highest BCUT2D eigenvalue weighted by Crippen LogP contribution is 2.27. The van der Waals surface area contributed by atoms with Gasteiger partial charge in [0.15, 0.2) is 0 Å². The molecule has 1 heterocycles. The number of hydrogen-bond acceptors (Lipinski definition) is 3. The van der Waals surface area contributed by atoms with Crippen LogP contribution >= 0.6 is 0 Å². The normalized spacial score (nSPS) is 34.5. The van der Waals surface area contributed by atoms with E-state index in [9.17, 15) is 4.79 Å². The quantitative estimate of drug-likeness (QED) is 0.336. The average Bonchev–Trinajstić information content (AvgIpc) is 2.62. The molecular formula is C8H13NO2. The Labute approximate surface area is 66.6 Å². The van der Waals surface area contributed by atoms with Gasteiger partial charge in [-0.15, -0.1) is 6.58 Å². The Morgan fingerprint density at radius 2 is 2.45 bits per heavy atom. The third-order valence-electron chi connectivity index (χ3n) is 2.03. The molecule has 62 valence electrons. The number of carbonyl (C=O) groups excluding carboxylic acids is 1. The average molecular weight is 155 g/mol. The standard InChI is InChI=1S/C8H13NO2/c1-4-5-9-6(2)7(9)8(10)11-3/h4,6-7H,1,5H2,2-3H3/t6-,7+,9?/m0/s1. The van der Waals surface area contributed by atoms with E-state index in [1.54, 1.807) is 6.08 Å². The van der Waals surface area contributed by atoms with Crippen LogP contribution in [0.4, 0.5) is 0 Å². The van der Waals surface area contributed by atoms with Gasteiger partial charge in [-0.05, 0) is 6.92 Å². The first-order valence-electron chi connectivity index (χ1n) is 3.66. The van der Waals surface area contributed by atoms with Crippen LogP contribution in [0.5, 0.6) is 0 Å². The van der Waals surface area contributed by atoms with Crippen molar-refractivity contribution in [3.63, 3.8) is 0 Å². The van der Waals surface area contributed by atoms with Gasteiger partial charge in [0.05, 0.1) is 7.11 Å². The minimum atomic E-state index is -0.139. The van der Waals surface area contributed by atoms with Crippen LogP contribution in [0.15, 0.2) is 12.7 Å². The Hall–Kier alpha value is -0.830. The van der Waals surface area contributed by atoms with Crippen molar-refractivity contribution in [2.45, 2.75) is 19.0 Å². The number of carbonyl (C=O) groups is 1. The minimum absolute atomic E-state index is 0.0296. The monoisotopic (exact) mass is 155 g/mol. The second-order valence-corrected chi connectivity index (χ2v) is 2.69. The van der Waals surface area contributed by atoms with Crippen LogP contribution in [0.2, 0.25) is 0 Å². The lowest BCUT2D eigenvalue weighted by atomic mass is 10.3. The van der Waals surface area contributed by atoms with Crippen molar-refractivity contribution in [3.8, 4) is 0 Å². The Morgan fingerprint density at radius 3 is 2.91 bits per heavy atom. The summed E-state index contributed by atoms with van der Waals surface area (Å²) >= 11 is 0. The second kappa shape index (κ2) is 3.05. The molecule has 1 fully saturated rings. The van der Waals surface area contributed by atoms with E-state index in [0.29, 0.717) is 6.04 Å². The van der Waals surface area contributed by atoms with Crippen LogP contribution in [0.1, 0.15) is 6.92 Å². The van der Waals surface area contributed by atoms with Gasteiger partial charge in [0.2, 0.25) is 0 Å². The van der Waals surface area contributed by atoms with Gasteiger partial charge < -0.3 is 4.74 Å². The molecule has 0 aromatic carbocycles. The van der Waals surface area contributed by atoms with Crippen LogP contribution < -0.4 is 0 Å². The summed E-state index contributed by atoms with van der Waals surface area (Å²) < 4.78 is 4.61. The molecule has 0 spiro atoms. The summed E-state index contributed by atoms with van der Waals surface area (Å²) in [5.41, 5.74) is 0. The predicted molar refractivity (Wildman–Crippen MR) is 42.2 cm³/mol. The molecule has 0 aromatic heterocycles. The van der Waals surface area contributed by atoms with E-state index in [-0.39, 0.29) is 12.0 Å². The first-order chi connectivity index (χ1) is 5.22. The molecule has 0 radical (unpaired) electrons. The zero-order chi connectivity index (χ0) is 8.43. The van der Waals surface area contributed by atoms with Crippen molar-refractivity contribution in [3.05, 3.63) is 12.7 Å². The third-order valence-corrected chi connectivity index (χ3v) is 2.03. The van der Waals surface area contributed by atoms with Crippen molar-refractivity contribution in [2.75, 3.05) is 13.7 Å². The number of nitrogens with zero attached hydrogens (tertiary/aromatic N) is 1. The largest absolute Gasteiger partial charge is 0.468 e. The van der Waals surface area contributed by atoms with Crippen LogP contribution in [0.25, 0.3) is 0 Å². The van der Waals surface area contributed by atoms with Crippen LogP contribution in [-0.2, 0) is 9.53 Å². The van der Waals surface area contributed by atoms with Crippen molar-refractivity contribution in [1.29, 1.82) is 0 Å². The van der Waals surface area contributed by atoms with E-state index in [1.165, 1.54) is 7.11 Å². The summed E-state index contributed by atoms with van der Waals surface area (Å²) in [5, 5.41) is 0. The maximum absolute atomic E-state index is 11.0. The number of rotatable bonds is 3. The number of hydrogen-bond donors (Lipinski definition) is 0. The molecule has 1 rings (SSSR count). The van der Waals surface area contributed by atoms with Gasteiger partial charge in [0.25, 0.3) is 0 Å². The Bertz CT molecular complexity index is 179. The predicted octanol–water partition coefficient (Wildman–Crippen LogP) is 0.418. The molecule has 0 aliphatic carbocycles. The fourth-order valence-corrected chi connectivity index (χ4v) is 1.29. The topological polar surface area (TPSA) is 29.3 Å². The van der Waals surface area contributed by atoms with Gasteiger partial charge >= 0.3 is 5.97 Å². The van der Waals surface area contributed by atoms with Crippen molar-refractivity contribution in [1.82, 2.24) is 4.90 Å². The number of methoxy groups -OCH3 is 1. The molecule has 0 saturated carbocycles. The first kappa shape index (κ1) is 8.27. The zero-order valence-electron chi connectivity index (χ0n) is 6.91. The molecule has 0 aromatic rings. The molecule has 1 aliphatic rings. The maximum atomic E-state index is 11.0. The highest BCUT2D eigenvalue weighted by atomic mass is 16.5. The van der Waals surface area contributed by atoms with E-state index in [1.807, 2.05) is 11.8 Å². The summed E-state index contributed by atoms with van der Waals surface area (Å²) in [7, 11) is 1.42. The smallest absolute Gasteiger partial charge is 0.324 e. The fourth-order valence-electron chi connectivity index (χ4n) is 1.29. The maximum Gasteiger partial charge on any atom is 0.324 e. The SMILES string of the molecule is C=CCN1[C@@H](C)[C@@H]1C(=O)OC. The number of esters is 1. The molecule has 3 nitrogen and oxygen atoms in total. The van der Waals surface area contributed by atoms with Gasteiger partial charge in [0, 0.05) is 12.6 Å². The third kappa shape index (κ3) is 1.43. The Kier molecular flexibility index (Phi) is 2.29. The van der Waals surface area contributed by atoms with E-state index >= 15 is 0 Å². The molecule has 1 aliphatic heterocycles. The molecule has 1 saturated heterocycles. The summed E-state index contributed by atoms with van der Waals surface area (Å²) in [6.07, 6.45) is 1.79. The second-order valence-electron chi connectivity index (χ2n) is 2.69. The fraction of sp³-hybridized carbons (Fsp3) is 0.625. The molecular weight excluding hydrogens is 142 g/mol. The summed E-state index contributed by atoms with van der Waals surface area (Å²) in [4.78, 5) is 13.0. The van der Waals surface area contributed by atoms with Gasteiger partial charge in [-0.1, -0.05) is 6.08 Å². The minimum Gasteiger partial charge on any atom is -0.468 e. The number of ether oxygens (including phenoxy) is 1. The lowest BCUT2D eigenvalue weighted by Crippen LogP contribution is -2.14. The van der Waals surface area contributed by atoms with Crippen molar-refractivity contribution in [2.24, 2.45) is 0 Å². The van der Waals surface area contributed by atoms with Crippen LogP contribution in [-0.4, -0.2) is 36.6 Å². The van der Waals surface area contributed by atoms with E-state index in [2.05, 4.69) is 11.3 Å². The Morgan fingerprint density at radius 1 is 1.82 bits per heavy atom. The lowest BCUT2D eigenvalue weighted by molar-refractivity contribution is -0.140. The van der Waals surface area contributed by atoms with Gasteiger partial charge in [-0.2, -0.15) is 0 Å². The van der Waals surface area contributed by atoms with Gasteiger partial charge in [0.1, 0.15) is 6.04 Å². The van der Waals surface area contributed by atoms with Crippen molar-refractivity contribution >= 4 is 5.97 Å². The Balaban J connectivity index is 2.40. The van der Waals surface area contributed by atoms with Crippen molar-refractivity contribution < 1.29 is 9.53 Å². The van der Waals surface area contributed by atoms with E-state index in [4.69, 9.17) is 0 Å². The summed E-state index contributed by atoms with van der Waals surface area (Å²) in [6, 6.07) is 0.290. The summed E-state index contributed by atoms with van der Waals surface area (Å²) in [6.45, 7) is 6.37. The molecule has 1 unspecified atom stereocenters. The molecule has 11 heavy (non-hydrogen) atoms. The highest BCUT2D eigenvalue weighted by Gasteiger charge is 2.49. The van der Waals surface area contributed by atoms with Gasteiger partial charge in [-0.3, -0.25) is 9.69 Å². The van der Waals surface area contributed by atoms with Crippen LogP contribution in [0.3, 0.4) is 0 Å². The molecule has 3 heteroatoms. The molecule has 0 N–H and O–H groups in total. The lowest BCUT2D eigenvalue weighted by Gasteiger charge is -1.96. The molecule has 0 amide bonds. The van der Waals surface area contributed by atoms with E-state index < -0.39 is 0 Å². The summed E-state index contributed by atoms with van der Waals surface area (Å²) in [5.74, 6) is -0.139. The highest BCUT2D eigenvalue weighted by molar-refractivity contribution is 5.80. The zero-order valence-corrected chi connectivity index (χ0v) is 6.91. The van der Waals surface area contributed by atoms with Crippen LogP contribution in [0, 0.1) is 0 Å². The van der Waals surface area contributed by atoms with Gasteiger partial charge in [-0.25, -0.2) is 0 Å². The first-order valence-corrected chi connectivity index (χ1v) is 3.66. The van der Waals surface area contributed by atoms with E-state index in [0.717, 1.165) is 6.54 Å².